The molecule has 2 aliphatic rings. The van der Waals surface area contributed by atoms with Gasteiger partial charge in [-0.3, -0.25) is 14.5 Å². The summed E-state index contributed by atoms with van der Waals surface area (Å²) in [5.41, 5.74) is 0.930. The molecule has 3 atom stereocenters. The number of ether oxygens (including phenoxy) is 4. The minimum absolute atomic E-state index is 0.0646. The molecule has 2 aromatic rings. The summed E-state index contributed by atoms with van der Waals surface area (Å²) in [5.74, 6) is 0.374. The van der Waals surface area contributed by atoms with Gasteiger partial charge in [-0.2, -0.15) is 13.2 Å². The van der Waals surface area contributed by atoms with Gasteiger partial charge >= 0.3 is 6.18 Å². The number of amides is 2. The number of alkyl halides is 3. The second-order valence-electron chi connectivity index (χ2n) is 10.2. The summed E-state index contributed by atoms with van der Waals surface area (Å²) in [6.45, 7) is 4.22. The third-order valence-corrected chi connectivity index (χ3v) is 7.15. The Hall–Kier alpha value is -3.51. The lowest BCUT2D eigenvalue weighted by Gasteiger charge is -2.36. The van der Waals surface area contributed by atoms with Crippen LogP contribution in [0.5, 0.6) is 17.2 Å². The van der Waals surface area contributed by atoms with Crippen molar-refractivity contribution in [1.82, 2.24) is 9.80 Å². The maximum atomic E-state index is 13.5. The number of hydrogen-bond donors (Lipinski definition) is 1. The smallest absolute Gasteiger partial charge is 0.390 e. The van der Waals surface area contributed by atoms with E-state index in [-0.39, 0.29) is 55.7 Å². The van der Waals surface area contributed by atoms with Crippen LogP contribution >= 0.6 is 0 Å². The van der Waals surface area contributed by atoms with Gasteiger partial charge in [-0.05, 0) is 49.2 Å². The standard InChI is InChI=1S/C28H34F3N3O6/c1-17-13-34(10-9-28(29,30)31)18(2)15-38-22-8-6-20(12-21(22)27(36)33(3)14-25(17)37-4)32-26(35)19-5-7-23-24(11-19)40-16-39-23/h5-8,11-12,17-18,25H,9-10,13-16H2,1-4H3,(H,32,35)/t17-,18-,25-/m0/s1. The number of anilines is 1. The van der Waals surface area contributed by atoms with Gasteiger partial charge in [0.2, 0.25) is 6.79 Å². The van der Waals surface area contributed by atoms with Crippen molar-refractivity contribution in [2.45, 2.75) is 38.6 Å². The highest BCUT2D eigenvalue weighted by Gasteiger charge is 2.32. The molecule has 0 saturated heterocycles. The fraction of sp³-hybridized carbons (Fsp3) is 0.500. The van der Waals surface area contributed by atoms with E-state index in [1.54, 1.807) is 49.2 Å². The Morgan fingerprint density at radius 1 is 1.05 bits per heavy atom. The summed E-state index contributed by atoms with van der Waals surface area (Å²) in [6, 6.07) is 9.17. The van der Waals surface area contributed by atoms with E-state index in [0.29, 0.717) is 29.3 Å². The number of likely N-dealkylation sites (N-methyl/N-ethyl adjacent to an activating group) is 1. The minimum atomic E-state index is -4.28. The highest BCUT2D eigenvalue weighted by molar-refractivity contribution is 6.06. The monoisotopic (exact) mass is 565 g/mol. The molecule has 0 unspecified atom stereocenters. The third-order valence-electron chi connectivity index (χ3n) is 7.15. The van der Waals surface area contributed by atoms with Gasteiger partial charge in [0.05, 0.1) is 18.1 Å². The lowest BCUT2D eigenvalue weighted by atomic mass is 10.0. The number of halogens is 3. The zero-order valence-electron chi connectivity index (χ0n) is 22.9. The molecule has 2 heterocycles. The number of nitrogens with zero attached hydrogens (tertiary/aromatic N) is 2. The molecule has 0 aliphatic carbocycles. The molecule has 4 rings (SSSR count). The normalized spacial score (nSPS) is 22.1. The minimum Gasteiger partial charge on any atom is -0.491 e. The van der Waals surface area contributed by atoms with Gasteiger partial charge in [0.25, 0.3) is 11.8 Å². The number of carbonyl (C=O) groups excluding carboxylic acids is 2. The first-order chi connectivity index (χ1) is 18.9. The van der Waals surface area contributed by atoms with Crippen molar-refractivity contribution < 1.29 is 41.7 Å². The lowest BCUT2D eigenvalue weighted by molar-refractivity contribution is -0.140. The predicted molar refractivity (Wildman–Crippen MR) is 141 cm³/mol. The van der Waals surface area contributed by atoms with Crippen molar-refractivity contribution in [3.63, 3.8) is 0 Å². The molecule has 40 heavy (non-hydrogen) atoms. The second-order valence-corrected chi connectivity index (χ2v) is 10.2. The summed E-state index contributed by atoms with van der Waals surface area (Å²) in [7, 11) is 3.15. The van der Waals surface area contributed by atoms with E-state index < -0.39 is 24.6 Å². The van der Waals surface area contributed by atoms with Crippen LogP contribution in [0.25, 0.3) is 0 Å². The number of hydrogen-bond acceptors (Lipinski definition) is 7. The molecule has 0 bridgehead atoms. The molecule has 0 fully saturated rings. The Morgan fingerprint density at radius 2 is 1.77 bits per heavy atom. The van der Waals surface area contributed by atoms with Gasteiger partial charge < -0.3 is 29.2 Å². The first-order valence-corrected chi connectivity index (χ1v) is 13.0. The number of methoxy groups -OCH3 is 1. The summed E-state index contributed by atoms with van der Waals surface area (Å²) in [6.07, 6.45) is -5.63. The van der Waals surface area contributed by atoms with E-state index in [4.69, 9.17) is 18.9 Å². The van der Waals surface area contributed by atoms with Crippen molar-refractivity contribution >= 4 is 17.5 Å². The first-order valence-electron chi connectivity index (χ1n) is 13.0. The van der Waals surface area contributed by atoms with Crippen molar-refractivity contribution in [2.24, 2.45) is 5.92 Å². The summed E-state index contributed by atoms with van der Waals surface area (Å²) in [5, 5.41) is 2.79. The van der Waals surface area contributed by atoms with Crippen LogP contribution in [0.1, 0.15) is 41.0 Å². The summed E-state index contributed by atoms with van der Waals surface area (Å²) >= 11 is 0. The zero-order chi connectivity index (χ0) is 29.0. The van der Waals surface area contributed by atoms with Crippen LogP contribution in [0.4, 0.5) is 18.9 Å². The maximum absolute atomic E-state index is 13.5. The van der Waals surface area contributed by atoms with Crippen LogP contribution in [0.15, 0.2) is 36.4 Å². The summed E-state index contributed by atoms with van der Waals surface area (Å²) < 4.78 is 61.4. The highest BCUT2D eigenvalue weighted by Crippen LogP contribution is 2.33. The average molecular weight is 566 g/mol. The molecule has 12 heteroatoms. The van der Waals surface area contributed by atoms with E-state index in [0.717, 1.165) is 0 Å². The molecule has 0 spiro atoms. The van der Waals surface area contributed by atoms with E-state index >= 15 is 0 Å². The second kappa shape index (κ2) is 12.3. The summed E-state index contributed by atoms with van der Waals surface area (Å²) in [4.78, 5) is 29.7. The molecule has 0 radical (unpaired) electrons. The molecule has 2 amide bonds. The number of nitrogens with one attached hydrogen (secondary N) is 1. The van der Waals surface area contributed by atoms with Gasteiger partial charge in [-0.25, -0.2) is 0 Å². The molecule has 218 valence electrons. The average Bonchev–Trinajstić information content (AvgIpc) is 3.39. The first kappa shape index (κ1) is 29.5. The van der Waals surface area contributed by atoms with Gasteiger partial charge in [-0.15, -0.1) is 0 Å². The van der Waals surface area contributed by atoms with Crippen molar-refractivity contribution in [1.29, 1.82) is 0 Å². The van der Waals surface area contributed by atoms with E-state index in [1.807, 2.05) is 6.92 Å². The van der Waals surface area contributed by atoms with E-state index in [1.165, 1.54) is 18.1 Å². The number of carbonyl (C=O) groups is 2. The van der Waals surface area contributed by atoms with Crippen LogP contribution in [0, 0.1) is 5.92 Å². The largest absolute Gasteiger partial charge is 0.491 e. The van der Waals surface area contributed by atoms with Gasteiger partial charge in [0.1, 0.15) is 12.4 Å². The highest BCUT2D eigenvalue weighted by atomic mass is 19.4. The van der Waals surface area contributed by atoms with Crippen LogP contribution in [0.3, 0.4) is 0 Å². The van der Waals surface area contributed by atoms with Crippen molar-refractivity contribution in [3.05, 3.63) is 47.5 Å². The molecule has 2 aliphatic heterocycles. The van der Waals surface area contributed by atoms with Crippen LogP contribution in [-0.2, 0) is 4.74 Å². The molecule has 0 saturated carbocycles. The Bertz CT molecular complexity index is 1220. The molecule has 0 aromatic heterocycles. The Labute approximate surface area is 231 Å². The van der Waals surface area contributed by atoms with Gasteiger partial charge in [0.15, 0.2) is 11.5 Å². The van der Waals surface area contributed by atoms with E-state index in [9.17, 15) is 22.8 Å². The van der Waals surface area contributed by atoms with Crippen LogP contribution < -0.4 is 19.5 Å². The quantitative estimate of drug-likeness (QED) is 0.574. The Kier molecular flexibility index (Phi) is 9.09. The number of rotatable bonds is 5. The topological polar surface area (TPSA) is 89.6 Å². The molecular formula is C28H34F3N3O6. The van der Waals surface area contributed by atoms with Gasteiger partial charge in [0, 0.05) is 51.1 Å². The molecule has 1 N–H and O–H groups in total. The van der Waals surface area contributed by atoms with Crippen molar-refractivity contribution in [2.75, 3.05) is 52.5 Å². The fourth-order valence-corrected chi connectivity index (χ4v) is 4.75. The molecule has 2 aromatic carbocycles. The van der Waals surface area contributed by atoms with E-state index in [2.05, 4.69) is 5.32 Å². The predicted octanol–water partition coefficient (Wildman–Crippen LogP) is 4.43. The third kappa shape index (κ3) is 7.16. The number of benzene rings is 2. The zero-order valence-corrected chi connectivity index (χ0v) is 22.9. The lowest BCUT2D eigenvalue weighted by Crippen LogP contribution is -2.47. The maximum Gasteiger partial charge on any atom is 0.390 e. The Morgan fingerprint density at radius 3 is 2.50 bits per heavy atom. The van der Waals surface area contributed by atoms with Crippen LogP contribution in [0.2, 0.25) is 0 Å². The Balaban J connectivity index is 1.59. The fourth-order valence-electron chi connectivity index (χ4n) is 4.75. The SMILES string of the molecule is CO[C@H]1CN(C)C(=O)c2cc(NC(=O)c3ccc4c(c3)OCO4)ccc2OC[C@H](C)N(CCC(F)(F)F)C[C@@H]1C. The van der Waals surface area contributed by atoms with Crippen LogP contribution in [-0.4, -0.2) is 87.1 Å². The number of fused-ring (bicyclic) bond motifs is 2. The molecule has 9 nitrogen and oxygen atoms in total. The van der Waals surface area contributed by atoms with Crippen molar-refractivity contribution in [3.8, 4) is 17.2 Å². The van der Waals surface area contributed by atoms with Gasteiger partial charge in [-0.1, -0.05) is 6.92 Å². The molecular weight excluding hydrogens is 531 g/mol.